The molecule has 7 heteroatoms. The Kier molecular flexibility index (Phi) is 3.86. The van der Waals surface area contributed by atoms with E-state index in [1.807, 2.05) is 43.3 Å². The summed E-state index contributed by atoms with van der Waals surface area (Å²) in [5.41, 5.74) is 4.11. The fraction of sp³-hybridized carbons (Fsp3) is 0.190. The van der Waals surface area contributed by atoms with Gasteiger partial charge >= 0.3 is 0 Å². The molecule has 5 rings (SSSR count). The lowest BCUT2D eigenvalue weighted by Crippen LogP contribution is -2.07. The van der Waals surface area contributed by atoms with Gasteiger partial charge in [0.05, 0.1) is 0 Å². The molecule has 0 amide bonds. The number of benzene rings is 2. The standard InChI is InChI=1S/C21H19N5O2/c1-13-4-3-5-16(8-13)20-24-21-23-14(2)9-19(26(21)25-20)22-11-15-6-7-17-18(10-15)28-12-27-17/h3-10,22H,11-12H2,1-2H3. The monoisotopic (exact) mass is 373 g/mol. The topological polar surface area (TPSA) is 73.6 Å². The number of hydrogen-bond donors (Lipinski definition) is 1. The van der Waals surface area contributed by atoms with Gasteiger partial charge in [-0.25, -0.2) is 4.98 Å². The molecule has 0 saturated heterocycles. The van der Waals surface area contributed by atoms with Crippen molar-refractivity contribution in [2.45, 2.75) is 20.4 Å². The van der Waals surface area contributed by atoms with Crippen LogP contribution in [0, 0.1) is 13.8 Å². The number of anilines is 1. The van der Waals surface area contributed by atoms with E-state index < -0.39 is 0 Å². The van der Waals surface area contributed by atoms with E-state index in [1.54, 1.807) is 4.52 Å². The van der Waals surface area contributed by atoms with Crippen LogP contribution in [0.15, 0.2) is 48.5 Å². The molecule has 0 radical (unpaired) electrons. The minimum absolute atomic E-state index is 0.275. The van der Waals surface area contributed by atoms with Crippen LogP contribution in [-0.4, -0.2) is 26.4 Å². The van der Waals surface area contributed by atoms with Crippen LogP contribution in [0.2, 0.25) is 0 Å². The summed E-state index contributed by atoms with van der Waals surface area (Å²) >= 11 is 0. The zero-order chi connectivity index (χ0) is 19.1. The van der Waals surface area contributed by atoms with Crippen LogP contribution in [0.3, 0.4) is 0 Å². The molecular formula is C21H19N5O2. The quantitative estimate of drug-likeness (QED) is 0.587. The van der Waals surface area contributed by atoms with Crippen LogP contribution in [-0.2, 0) is 6.54 Å². The molecule has 28 heavy (non-hydrogen) atoms. The van der Waals surface area contributed by atoms with Crippen molar-refractivity contribution in [3.63, 3.8) is 0 Å². The van der Waals surface area contributed by atoms with E-state index >= 15 is 0 Å². The van der Waals surface area contributed by atoms with Gasteiger partial charge in [0.15, 0.2) is 17.3 Å². The third-order valence-corrected chi connectivity index (χ3v) is 4.63. The molecule has 140 valence electrons. The number of nitrogens with zero attached hydrogens (tertiary/aromatic N) is 4. The Hall–Kier alpha value is -3.61. The van der Waals surface area contributed by atoms with Crippen molar-refractivity contribution in [3.05, 3.63) is 65.4 Å². The lowest BCUT2D eigenvalue weighted by atomic mass is 10.1. The maximum atomic E-state index is 5.45. The minimum Gasteiger partial charge on any atom is -0.454 e. The second-order valence-corrected chi connectivity index (χ2v) is 6.84. The minimum atomic E-state index is 0.275. The van der Waals surface area contributed by atoms with Crippen LogP contribution in [0.4, 0.5) is 5.82 Å². The normalized spacial score (nSPS) is 12.5. The highest BCUT2D eigenvalue weighted by atomic mass is 16.7. The first kappa shape index (κ1) is 16.6. The van der Waals surface area contributed by atoms with E-state index in [2.05, 4.69) is 39.4 Å². The second-order valence-electron chi connectivity index (χ2n) is 6.84. The summed E-state index contributed by atoms with van der Waals surface area (Å²) in [6.07, 6.45) is 0. The van der Waals surface area contributed by atoms with Gasteiger partial charge in [0.2, 0.25) is 6.79 Å². The third-order valence-electron chi connectivity index (χ3n) is 4.63. The average Bonchev–Trinajstić information content (AvgIpc) is 3.32. The number of aryl methyl sites for hydroxylation is 2. The van der Waals surface area contributed by atoms with Crippen molar-refractivity contribution in [2.75, 3.05) is 12.1 Å². The second kappa shape index (κ2) is 6.53. The molecule has 3 heterocycles. The van der Waals surface area contributed by atoms with E-state index in [0.717, 1.165) is 34.1 Å². The summed E-state index contributed by atoms with van der Waals surface area (Å²) in [5, 5.41) is 8.11. The van der Waals surface area contributed by atoms with Gasteiger partial charge in [-0.05, 0) is 37.6 Å². The molecule has 0 bridgehead atoms. The average molecular weight is 373 g/mol. The number of nitrogens with one attached hydrogen (secondary N) is 1. The molecule has 2 aromatic heterocycles. The van der Waals surface area contributed by atoms with Gasteiger partial charge in [-0.15, -0.1) is 5.10 Å². The Morgan fingerprint density at radius 3 is 2.79 bits per heavy atom. The molecule has 0 aliphatic carbocycles. The number of fused-ring (bicyclic) bond motifs is 2. The maximum Gasteiger partial charge on any atom is 0.254 e. The first-order valence-electron chi connectivity index (χ1n) is 9.09. The van der Waals surface area contributed by atoms with Gasteiger partial charge in [0, 0.05) is 23.9 Å². The zero-order valence-electron chi connectivity index (χ0n) is 15.6. The van der Waals surface area contributed by atoms with E-state index in [9.17, 15) is 0 Å². The summed E-state index contributed by atoms with van der Waals surface area (Å²) in [7, 11) is 0. The van der Waals surface area contributed by atoms with E-state index in [1.165, 1.54) is 5.56 Å². The van der Waals surface area contributed by atoms with Crippen LogP contribution in [0.5, 0.6) is 11.5 Å². The number of hydrogen-bond acceptors (Lipinski definition) is 6. The lowest BCUT2D eigenvalue weighted by molar-refractivity contribution is 0.174. The predicted molar refractivity (Wildman–Crippen MR) is 106 cm³/mol. The van der Waals surface area contributed by atoms with E-state index in [-0.39, 0.29) is 6.79 Å². The van der Waals surface area contributed by atoms with Crippen LogP contribution >= 0.6 is 0 Å². The van der Waals surface area contributed by atoms with Crippen molar-refractivity contribution in [1.82, 2.24) is 19.6 Å². The van der Waals surface area contributed by atoms with Crippen molar-refractivity contribution >= 4 is 11.6 Å². The Balaban J connectivity index is 1.47. The smallest absolute Gasteiger partial charge is 0.254 e. The molecule has 1 aliphatic rings. The van der Waals surface area contributed by atoms with Crippen molar-refractivity contribution in [1.29, 1.82) is 0 Å². The highest BCUT2D eigenvalue weighted by Crippen LogP contribution is 2.32. The Morgan fingerprint density at radius 2 is 1.89 bits per heavy atom. The molecule has 4 aromatic rings. The third kappa shape index (κ3) is 3.00. The largest absolute Gasteiger partial charge is 0.454 e. The summed E-state index contributed by atoms with van der Waals surface area (Å²) in [5.74, 6) is 3.63. The first-order chi connectivity index (χ1) is 13.7. The Morgan fingerprint density at radius 1 is 1.00 bits per heavy atom. The fourth-order valence-electron chi connectivity index (χ4n) is 3.26. The van der Waals surface area contributed by atoms with Gasteiger partial charge in [0.25, 0.3) is 5.78 Å². The molecule has 0 fully saturated rings. The van der Waals surface area contributed by atoms with Crippen molar-refractivity contribution in [2.24, 2.45) is 0 Å². The van der Waals surface area contributed by atoms with Gasteiger partial charge in [-0.3, -0.25) is 0 Å². The van der Waals surface area contributed by atoms with Gasteiger partial charge in [0.1, 0.15) is 5.82 Å². The molecule has 1 N–H and O–H groups in total. The van der Waals surface area contributed by atoms with Crippen LogP contribution < -0.4 is 14.8 Å². The SMILES string of the molecule is Cc1cccc(-c2nc3nc(C)cc(NCc4ccc5c(c4)OCO5)n3n2)c1. The molecule has 2 aromatic carbocycles. The van der Waals surface area contributed by atoms with Gasteiger partial charge in [-0.2, -0.15) is 9.50 Å². The van der Waals surface area contributed by atoms with Crippen LogP contribution in [0.25, 0.3) is 17.2 Å². The Labute approximate surface area is 162 Å². The van der Waals surface area contributed by atoms with Crippen molar-refractivity contribution < 1.29 is 9.47 Å². The highest BCUT2D eigenvalue weighted by Gasteiger charge is 2.14. The van der Waals surface area contributed by atoms with Crippen molar-refractivity contribution in [3.8, 4) is 22.9 Å². The summed E-state index contributed by atoms with van der Waals surface area (Å²) < 4.78 is 12.6. The highest BCUT2D eigenvalue weighted by molar-refractivity contribution is 5.59. The maximum absolute atomic E-state index is 5.45. The summed E-state index contributed by atoms with van der Waals surface area (Å²) in [6.45, 7) is 4.90. The molecular weight excluding hydrogens is 354 g/mol. The molecule has 0 unspecified atom stereocenters. The lowest BCUT2D eigenvalue weighted by Gasteiger charge is -2.09. The number of rotatable bonds is 4. The fourth-order valence-corrected chi connectivity index (χ4v) is 3.26. The first-order valence-corrected chi connectivity index (χ1v) is 9.09. The number of aromatic nitrogens is 4. The Bertz CT molecular complexity index is 1180. The molecule has 7 nitrogen and oxygen atoms in total. The van der Waals surface area contributed by atoms with E-state index in [4.69, 9.17) is 9.47 Å². The predicted octanol–water partition coefficient (Wildman–Crippen LogP) is 3.75. The summed E-state index contributed by atoms with van der Waals surface area (Å²) in [4.78, 5) is 9.13. The molecule has 1 aliphatic heterocycles. The van der Waals surface area contributed by atoms with Crippen LogP contribution in [0.1, 0.15) is 16.8 Å². The molecule has 0 atom stereocenters. The molecule has 0 spiro atoms. The zero-order valence-corrected chi connectivity index (χ0v) is 15.6. The van der Waals surface area contributed by atoms with E-state index in [0.29, 0.717) is 18.1 Å². The number of ether oxygens (including phenoxy) is 2. The van der Waals surface area contributed by atoms with Gasteiger partial charge in [-0.1, -0.05) is 29.8 Å². The van der Waals surface area contributed by atoms with Gasteiger partial charge < -0.3 is 14.8 Å². The summed E-state index contributed by atoms with van der Waals surface area (Å²) in [6, 6.07) is 16.0. The molecule has 0 saturated carbocycles.